The van der Waals surface area contributed by atoms with Gasteiger partial charge in [0, 0.05) is 23.4 Å². The molecule has 0 aromatic heterocycles. The standard InChI is InChI=1S/C17H17N3O3S/c1-11(2)14-5-3-4-6-15(14)18-17(24)19-16(21)12-7-9-13(10-8-12)20(22)23/h3-11H,1-2H3,(H2,18,19,21,24). The van der Waals surface area contributed by atoms with E-state index in [9.17, 15) is 14.9 Å². The van der Waals surface area contributed by atoms with Gasteiger partial charge in [0.2, 0.25) is 0 Å². The highest BCUT2D eigenvalue weighted by Gasteiger charge is 2.12. The Bertz CT molecular complexity index is 773. The summed E-state index contributed by atoms with van der Waals surface area (Å²) in [5.41, 5.74) is 2.14. The normalized spacial score (nSPS) is 10.3. The molecule has 6 nitrogen and oxygen atoms in total. The summed E-state index contributed by atoms with van der Waals surface area (Å²) in [4.78, 5) is 22.2. The van der Waals surface area contributed by atoms with Gasteiger partial charge in [0.25, 0.3) is 11.6 Å². The predicted octanol–water partition coefficient (Wildman–Crippen LogP) is 3.85. The van der Waals surface area contributed by atoms with Gasteiger partial charge in [-0.05, 0) is 41.9 Å². The third-order valence-electron chi connectivity index (χ3n) is 3.40. The van der Waals surface area contributed by atoms with Crippen molar-refractivity contribution in [3.05, 3.63) is 69.8 Å². The quantitative estimate of drug-likeness (QED) is 0.500. The van der Waals surface area contributed by atoms with Gasteiger partial charge in [-0.1, -0.05) is 32.0 Å². The Morgan fingerprint density at radius 1 is 1.12 bits per heavy atom. The molecule has 0 bridgehead atoms. The Labute approximate surface area is 145 Å². The maximum absolute atomic E-state index is 12.1. The van der Waals surface area contributed by atoms with Gasteiger partial charge in [0.1, 0.15) is 0 Å². The Balaban J connectivity index is 2.04. The zero-order valence-electron chi connectivity index (χ0n) is 13.3. The number of hydrogen-bond donors (Lipinski definition) is 2. The van der Waals surface area contributed by atoms with E-state index in [1.165, 1.54) is 24.3 Å². The van der Waals surface area contributed by atoms with Crippen molar-refractivity contribution in [1.82, 2.24) is 5.32 Å². The minimum Gasteiger partial charge on any atom is -0.332 e. The zero-order chi connectivity index (χ0) is 17.7. The zero-order valence-corrected chi connectivity index (χ0v) is 14.1. The molecule has 2 aromatic rings. The first-order chi connectivity index (χ1) is 11.4. The number of benzene rings is 2. The number of nitro groups is 1. The number of nitrogens with zero attached hydrogens (tertiary/aromatic N) is 1. The van der Waals surface area contributed by atoms with Gasteiger partial charge >= 0.3 is 0 Å². The second-order valence-electron chi connectivity index (χ2n) is 5.45. The van der Waals surface area contributed by atoms with E-state index in [2.05, 4.69) is 24.5 Å². The molecule has 0 atom stereocenters. The highest BCUT2D eigenvalue weighted by Crippen LogP contribution is 2.23. The lowest BCUT2D eigenvalue weighted by Crippen LogP contribution is -2.34. The second kappa shape index (κ2) is 7.65. The first-order valence-corrected chi connectivity index (χ1v) is 7.75. The first-order valence-electron chi connectivity index (χ1n) is 7.34. The van der Waals surface area contributed by atoms with Gasteiger partial charge in [0.15, 0.2) is 5.11 Å². The summed E-state index contributed by atoms with van der Waals surface area (Å²) in [6, 6.07) is 13.0. The highest BCUT2D eigenvalue weighted by molar-refractivity contribution is 7.80. The van der Waals surface area contributed by atoms with Crippen LogP contribution in [0.25, 0.3) is 0 Å². The summed E-state index contributed by atoms with van der Waals surface area (Å²) >= 11 is 5.17. The SMILES string of the molecule is CC(C)c1ccccc1NC(=S)NC(=O)c1ccc([N+](=O)[O-])cc1. The van der Waals surface area contributed by atoms with E-state index in [1.807, 2.05) is 24.3 Å². The first kappa shape index (κ1) is 17.6. The van der Waals surface area contributed by atoms with Crippen LogP contribution in [-0.4, -0.2) is 15.9 Å². The van der Waals surface area contributed by atoms with E-state index in [0.29, 0.717) is 11.5 Å². The van der Waals surface area contributed by atoms with Crippen LogP contribution in [0.15, 0.2) is 48.5 Å². The molecule has 0 aliphatic rings. The fraction of sp³-hybridized carbons (Fsp3) is 0.176. The van der Waals surface area contributed by atoms with Crippen LogP contribution in [0.5, 0.6) is 0 Å². The van der Waals surface area contributed by atoms with E-state index < -0.39 is 10.8 Å². The minimum absolute atomic E-state index is 0.0712. The Kier molecular flexibility index (Phi) is 5.59. The van der Waals surface area contributed by atoms with Crippen LogP contribution >= 0.6 is 12.2 Å². The van der Waals surface area contributed by atoms with Crippen molar-refractivity contribution in [2.24, 2.45) is 0 Å². The summed E-state index contributed by atoms with van der Waals surface area (Å²) in [7, 11) is 0. The third kappa shape index (κ3) is 4.36. The molecule has 0 spiro atoms. The number of anilines is 1. The van der Waals surface area contributed by atoms with Gasteiger partial charge < -0.3 is 5.32 Å². The van der Waals surface area contributed by atoms with Gasteiger partial charge in [-0.15, -0.1) is 0 Å². The molecule has 0 unspecified atom stereocenters. The van der Waals surface area contributed by atoms with Crippen LogP contribution in [0.4, 0.5) is 11.4 Å². The number of amides is 1. The maximum atomic E-state index is 12.1. The van der Waals surface area contributed by atoms with Crippen LogP contribution in [0.1, 0.15) is 35.7 Å². The number of nitrogens with one attached hydrogen (secondary N) is 2. The molecule has 0 fully saturated rings. The number of thiocarbonyl (C=S) groups is 1. The molecule has 0 radical (unpaired) electrons. The lowest BCUT2D eigenvalue weighted by molar-refractivity contribution is -0.384. The van der Waals surface area contributed by atoms with Gasteiger partial charge in [-0.25, -0.2) is 0 Å². The highest BCUT2D eigenvalue weighted by atomic mass is 32.1. The van der Waals surface area contributed by atoms with Crippen molar-refractivity contribution in [2.75, 3.05) is 5.32 Å². The van der Waals surface area contributed by atoms with Crippen LogP contribution in [0, 0.1) is 10.1 Å². The van der Waals surface area contributed by atoms with E-state index in [1.54, 1.807) is 0 Å². The van der Waals surface area contributed by atoms with Crippen molar-refractivity contribution in [3.63, 3.8) is 0 Å². The summed E-state index contributed by atoms with van der Waals surface area (Å²) in [6.07, 6.45) is 0. The number of para-hydroxylation sites is 1. The van der Waals surface area contributed by atoms with E-state index in [-0.39, 0.29) is 10.8 Å². The fourth-order valence-electron chi connectivity index (χ4n) is 2.18. The molecule has 2 aromatic carbocycles. The molecule has 2 N–H and O–H groups in total. The lowest BCUT2D eigenvalue weighted by Gasteiger charge is -2.15. The van der Waals surface area contributed by atoms with E-state index in [0.717, 1.165) is 11.3 Å². The Morgan fingerprint density at radius 3 is 2.33 bits per heavy atom. The third-order valence-corrected chi connectivity index (χ3v) is 3.60. The molecule has 0 aliphatic heterocycles. The number of carbonyl (C=O) groups excluding carboxylic acids is 1. The number of hydrogen-bond acceptors (Lipinski definition) is 4. The monoisotopic (exact) mass is 343 g/mol. The molecule has 2 rings (SSSR count). The summed E-state index contributed by atoms with van der Waals surface area (Å²) in [5, 5.41) is 16.4. The van der Waals surface area contributed by atoms with Crippen molar-refractivity contribution in [3.8, 4) is 0 Å². The second-order valence-corrected chi connectivity index (χ2v) is 5.86. The number of non-ortho nitro benzene ring substituents is 1. The van der Waals surface area contributed by atoms with Crippen molar-refractivity contribution < 1.29 is 9.72 Å². The molecular formula is C17H17N3O3S. The predicted molar refractivity (Wildman–Crippen MR) is 97.3 cm³/mol. The average Bonchev–Trinajstić information content (AvgIpc) is 2.55. The number of carbonyl (C=O) groups is 1. The molecule has 124 valence electrons. The number of rotatable bonds is 4. The van der Waals surface area contributed by atoms with Crippen LogP contribution in [0.3, 0.4) is 0 Å². The fourth-order valence-corrected chi connectivity index (χ4v) is 2.38. The van der Waals surface area contributed by atoms with Crippen molar-refractivity contribution >= 4 is 34.6 Å². The molecule has 24 heavy (non-hydrogen) atoms. The van der Waals surface area contributed by atoms with Gasteiger partial charge in [-0.3, -0.25) is 20.2 Å². The van der Waals surface area contributed by atoms with Crippen molar-refractivity contribution in [1.29, 1.82) is 0 Å². The van der Waals surface area contributed by atoms with Gasteiger partial charge in [-0.2, -0.15) is 0 Å². The number of nitro benzene ring substituents is 1. The van der Waals surface area contributed by atoms with E-state index in [4.69, 9.17) is 12.2 Å². The smallest absolute Gasteiger partial charge is 0.269 e. The molecule has 0 saturated heterocycles. The van der Waals surface area contributed by atoms with Crippen LogP contribution in [0.2, 0.25) is 0 Å². The average molecular weight is 343 g/mol. The lowest BCUT2D eigenvalue weighted by atomic mass is 10.0. The molecule has 0 aliphatic carbocycles. The van der Waals surface area contributed by atoms with E-state index >= 15 is 0 Å². The topological polar surface area (TPSA) is 84.3 Å². The molecular weight excluding hydrogens is 326 g/mol. The van der Waals surface area contributed by atoms with Crippen LogP contribution < -0.4 is 10.6 Å². The van der Waals surface area contributed by atoms with Crippen LogP contribution in [-0.2, 0) is 0 Å². The molecule has 7 heteroatoms. The Hall–Kier alpha value is -2.80. The summed E-state index contributed by atoms with van der Waals surface area (Å²) in [5.74, 6) is -0.119. The molecule has 0 saturated carbocycles. The molecule has 1 amide bonds. The summed E-state index contributed by atoms with van der Waals surface area (Å²) in [6.45, 7) is 4.14. The van der Waals surface area contributed by atoms with Gasteiger partial charge in [0.05, 0.1) is 4.92 Å². The largest absolute Gasteiger partial charge is 0.332 e. The minimum atomic E-state index is -0.517. The Morgan fingerprint density at radius 2 is 1.75 bits per heavy atom. The maximum Gasteiger partial charge on any atom is 0.269 e. The summed E-state index contributed by atoms with van der Waals surface area (Å²) < 4.78 is 0. The van der Waals surface area contributed by atoms with Crippen molar-refractivity contribution in [2.45, 2.75) is 19.8 Å². The molecule has 0 heterocycles.